The van der Waals surface area contributed by atoms with Gasteiger partial charge in [0.15, 0.2) is 0 Å². The van der Waals surface area contributed by atoms with Gasteiger partial charge in [0.05, 0.1) is 4.53 Å². The van der Waals surface area contributed by atoms with Gasteiger partial charge < -0.3 is 0 Å². The van der Waals surface area contributed by atoms with Crippen LogP contribution in [0.4, 0.5) is 0 Å². The second kappa shape index (κ2) is 3.69. The van der Waals surface area contributed by atoms with Gasteiger partial charge in [-0.05, 0) is 23.6 Å². The van der Waals surface area contributed by atoms with E-state index in [0.717, 1.165) is 9.75 Å². The molecule has 1 aromatic rings. The predicted molar refractivity (Wildman–Crippen MR) is 52.5 cm³/mol. The van der Waals surface area contributed by atoms with E-state index in [1.54, 1.807) is 17.6 Å². The van der Waals surface area contributed by atoms with Gasteiger partial charge in [0.2, 0.25) is 0 Å². The summed E-state index contributed by atoms with van der Waals surface area (Å²) in [4.78, 5) is 3.96. The van der Waals surface area contributed by atoms with Crippen molar-refractivity contribution in [2.75, 3.05) is 0 Å². The van der Waals surface area contributed by atoms with E-state index in [4.69, 9.17) is 11.6 Å². The minimum atomic E-state index is 0.521. The third-order valence-electron chi connectivity index (χ3n) is 1.18. The highest BCUT2D eigenvalue weighted by molar-refractivity contribution is 7.08. The number of rotatable bonds is 1. The molecule has 0 saturated heterocycles. The van der Waals surface area contributed by atoms with Crippen molar-refractivity contribution in [1.29, 1.82) is 0 Å². The van der Waals surface area contributed by atoms with E-state index < -0.39 is 0 Å². The standard InChI is InChI=1S/C8H8ClNS/c1-3-10-8(9)7-6(2)4-5-11-7/h3-5H,2H2,1H3/b8-7+,10-3-. The molecule has 1 nitrogen and oxygen atoms in total. The van der Waals surface area contributed by atoms with Crippen molar-refractivity contribution in [3.8, 4) is 0 Å². The first-order valence-corrected chi connectivity index (χ1v) is 4.42. The van der Waals surface area contributed by atoms with Gasteiger partial charge in [-0.2, -0.15) is 0 Å². The molecule has 1 heterocycles. The summed E-state index contributed by atoms with van der Waals surface area (Å²) in [6.45, 7) is 5.65. The van der Waals surface area contributed by atoms with Crippen LogP contribution in [0.15, 0.2) is 16.4 Å². The molecular formula is C8H8ClNS. The van der Waals surface area contributed by atoms with Crippen molar-refractivity contribution in [3.63, 3.8) is 0 Å². The zero-order chi connectivity index (χ0) is 8.27. The highest BCUT2D eigenvalue weighted by Crippen LogP contribution is 2.00. The van der Waals surface area contributed by atoms with Crippen LogP contribution in [-0.2, 0) is 0 Å². The van der Waals surface area contributed by atoms with E-state index in [0.29, 0.717) is 5.16 Å². The van der Waals surface area contributed by atoms with E-state index in [1.807, 2.05) is 18.4 Å². The Morgan fingerprint density at radius 3 is 3.00 bits per heavy atom. The summed E-state index contributed by atoms with van der Waals surface area (Å²) < 4.78 is 0.949. The lowest BCUT2D eigenvalue weighted by Gasteiger charge is -1.82. The fraction of sp³-hybridized carbons (Fsp3) is 0.125. The van der Waals surface area contributed by atoms with E-state index in [-0.39, 0.29) is 0 Å². The Bertz CT molecular complexity index is 364. The van der Waals surface area contributed by atoms with Crippen LogP contribution in [0.2, 0.25) is 0 Å². The predicted octanol–water partition coefficient (Wildman–Crippen LogP) is 1.55. The number of thiophene rings is 1. The zero-order valence-corrected chi connectivity index (χ0v) is 7.75. The third-order valence-corrected chi connectivity index (χ3v) is 2.54. The molecule has 11 heavy (non-hydrogen) atoms. The Morgan fingerprint density at radius 2 is 2.55 bits per heavy atom. The summed E-state index contributed by atoms with van der Waals surface area (Å²) in [6.07, 6.45) is 1.67. The van der Waals surface area contributed by atoms with Gasteiger partial charge in [-0.1, -0.05) is 18.2 Å². The summed E-state index contributed by atoms with van der Waals surface area (Å²) in [6, 6.07) is 1.92. The molecule has 1 rings (SSSR count). The van der Waals surface area contributed by atoms with Gasteiger partial charge in [-0.15, -0.1) is 11.3 Å². The average molecular weight is 186 g/mol. The maximum absolute atomic E-state index is 5.84. The number of hydrogen-bond donors (Lipinski definition) is 0. The van der Waals surface area contributed by atoms with Crippen molar-refractivity contribution in [2.45, 2.75) is 6.92 Å². The zero-order valence-electron chi connectivity index (χ0n) is 6.17. The third kappa shape index (κ3) is 1.91. The Hall–Kier alpha value is -0.600. The van der Waals surface area contributed by atoms with Crippen molar-refractivity contribution in [2.24, 2.45) is 4.99 Å². The van der Waals surface area contributed by atoms with Crippen LogP contribution < -0.4 is 9.75 Å². The summed E-state index contributed by atoms with van der Waals surface area (Å²) in [5, 5.41) is 3.41. The minimum Gasteiger partial charge on any atom is -0.248 e. The molecule has 0 radical (unpaired) electrons. The molecule has 0 unspecified atom stereocenters. The maximum atomic E-state index is 5.84. The van der Waals surface area contributed by atoms with Gasteiger partial charge in [0.1, 0.15) is 5.16 Å². The summed E-state index contributed by atoms with van der Waals surface area (Å²) in [5.74, 6) is 0. The SMILES string of the molecule is C=c1ccs/c1=C(Cl)/N=C\C. The van der Waals surface area contributed by atoms with Gasteiger partial charge >= 0.3 is 0 Å². The molecule has 0 aliphatic rings. The van der Waals surface area contributed by atoms with Crippen LogP contribution in [0.5, 0.6) is 0 Å². The molecule has 0 saturated carbocycles. The monoisotopic (exact) mass is 185 g/mol. The molecule has 0 spiro atoms. The highest BCUT2D eigenvalue weighted by Gasteiger charge is 1.90. The number of halogens is 1. The molecule has 0 fully saturated rings. The quantitative estimate of drug-likeness (QED) is 0.465. The largest absolute Gasteiger partial charge is 0.248 e. The first-order valence-electron chi connectivity index (χ1n) is 3.16. The molecule has 0 aliphatic carbocycles. The second-order valence-electron chi connectivity index (χ2n) is 1.95. The second-order valence-corrected chi connectivity index (χ2v) is 3.23. The van der Waals surface area contributed by atoms with Crippen molar-refractivity contribution < 1.29 is 0 Å². The molecule has 0 amide bonds. The van der Waals surface area contributed by atoms with E-state index in [9.17, 15) is 0 Å². The molecule has 0 N–H and O–H groups in total. The number of hydrogen-bond acceptors (Lipinski definition) is 2. The lowest BCUT2D eigenvalue weighted by molar-refractivity contribution is 1.62. The summed E-state index contributed by atoms with van der Waals surface area (Å²) >= 11 is 7.39. The highest BCUT2D eigenvalue weighted by atomic mass is 35.5. The minimum absolute atomic E-state index is 0.521. The van der Waals surface area contributed by atoms with E-state index in [1.165, 1.54) is 0 Å². The molecular weight excluding hydrogens is 178 g/mol. The molecule has 3 heteroatoms. The Labute approximate surface area is 74.4 Å². The van der Waals surface area contributed by atoms with Crippen LogP contribution in [-0.4, -0.2) is 6.21 Å². The van der Waals surface area contributed by atoms with Gasteiger partial charge in [0, 0.05) is 6.21 Å². The molecule has 0 aliphatic heterocycles. The molecule has 0 atom stereocenters. The van der Waals surface area contributed by atoms with Crippen LogP contribution in [0.25, 0.3) is 11.7 Å². The van der Waals surface area contributed by atoms with Crippen molar-refractivity contribution in [1.82, 2.24) is 0 Å². The maximum Gasteiger partial charge on any atom is 0.146 e. The smallest absolute Gasteiger partial charge is 0.146 e. The van der Waals surface area contributed by atoms with Gasteiger partial charge in [0.25, 0.3) is 0 Å². The average Bonchev–Trinajstić information content (AvgIpc) is 2.36. The fourth-order valence-corrected chi connectivity index (χ4v) is 1.78. The van der Waals surface area contributed by atoms with Crippen molar-refractivity contribution in [3.05, 3.63) is 21.2 Å². The van der Waals surface area contributed by atoms with Crippen LogP contribution in [0, 0.1) is 0 Å². The Kier molecular flexibility index (Phi) is 2.85. The van der Waals surface area contributed by atoms with Gasteiger partial charge in [-0.3, -0.25) is 0 Å². The summed E-state index contributed by atoms with van der Waals surface area (Å²) in [5.41, 5.74) is 0. The molecule has 0 aromatic carbocycles. The Morgan fingerprint density at radius 1 is 1.82 bits per heavy atom. The first-order chi connectivity index (χ1) is 5.25. The molecule has 1 aromatic heterocycles. The van der Waals surface area contributed by atoms with Crippen LogP contribution in [0.1, 0.15) is 6.92 Å². The Balaban J connectivity index is 3.38. The van der Waals surface area contributed by atoms with Gasteiger partial charge in [-0.25, -0.2) is 4.99 Å². The van der Waals surface area contributed by atoms with Crippen molar-refractivity contribution >= 4 is 40.9 Å². The van der Waals surface area contributed by atoms with E-state index in [2.05, 4.69) is 11.6 Å². The van der Waals surface area contributed by atoms with E-state index >= 15 is 0 Å². The van der Waals surface area contributed by atoms with Crippen LogP contribution >= 0.6 is 22.9 Å². The topological polar surface area (TPSA) is 12.4 Å². The number of aliphatic imine (C=N–C) groups is 1. The first kappa shape index (κ1) is 8.50. The molecule has 58 valence electrons. The lowest BCUT2D eigenvalue weighted by atomic mass is 10.5. The summed E-state index contributed by atoms with van der Waals surface area (Å²) in [7, 11) is 0. The fourth-order valence-electron chi connectivity index (χ4n) is 0.689. The molecule has 0 bridgehead atoms. The van der Waals surface area contributed by atoms with Crippen LogP contribution in [0.3, 0.4) is 0 Å². The normalized spacial score (nSPS) is 14.0. The lowest BCUT2D eigenvalue weighted by Crippen LogP contribution is -2.16. The number of nitrogens with zero attached hydrogens (tertiary/aromatic N) is 1.